The van der Waals surface area contributed by atoms with E-state index in [0.717, 1.165) is 22.8 Å². The number of ether oxygens (including phenoxy) is 1. The summed E-state index contributed by atoms with van der Waals surface area (Å²) in [7, 11) is 0. The highest BCUT2D eigenvalue weighted by Crippen LogP contribution is 2.24. The van der Waals surface area contributed by atoms with Crippen molar-refractivity contribution < 1.29 is 9.53 Å². The Balaban J connectivity index is 1.76. The maximum Gasteiger partial charge on any atom is 0.237 e. The molecule has 0 aliphatic heterocycles. The number of hydrogen-bond acceptors (Lipinski definition) is 3. The Kier molecular flexibility index (Phi) is 7.00. The van der Waals surface area contributed by atoms with Gasteiger partial charge in [-0.05, 0) is 56.2 Å². The summed E-state index contributed by atoms with van der Waals surface area (Å²) in [6.07, 6.45) is 0. The molecule has 5 heteroatoms. The number of benzene rings is 2. The standard InChI is InChI=1S/C19H22ClNO2S/c1-13-6-4-7-16(12-13)23-10-11-24-15(3)19(22)21-18-9-5-8-17(20)14(18)2/h4-9,12,15H,10-11H2,1-3H3,(H,21,22)/t15-/m0/s1. The van der Waals surface area contributed by atoms with Crippen molar-refractivity contribution in [2.24, 2.45) is 0 Å². The Hall–Kier alpha value is -1.65. The van der Waals surface area contributed by atoms with Crippen LogP contribution < -0.4 is 10.1 Å². The molecule has 0 aromatic heterocycles. The van der Waals surface area contributed by atoms with Crippen LogP contribution in [0.4, 0.5) is 5.69 Å². The first-order valence-electron chi connectivity index (χ1n) is 7.84. The van der Waals surface area contributed by atoms with Crippen LogP contribution in [0.5, 0.6) is 5.75 Å². The second-order valence-corrected chi connectivity index (χ2v) is 7.44. The number of thioether (sulfide) groups is 1. The molecule has 0 saturated heterocycles. The highest BCUT2D eigenvalue weighted by atomic mass is 35.5. The second-order valence-electron chi connectivity index (χ2n) is 5.58. The van der Waals surface area contributed by atoms with Gasteiger partial charge in [0.1, 0.15) is 5.75 Å². The van der Waals surface area contributed by atoms with Crippen LogP contribution in [-0.2, 0) is 4.79 Å². The molecule has 0 spiro atoms. The number of aryl methyl sites for hydroxylation is 1. The van der Waals surface area contributed by atoms with Crippen molar-refractivity contribution in [1.82, 2.24) is 0 Å². The first kappa shape index (κ1) is 18.7. The number of halogens is 1. The van der Waals surface area contributed by atoms with Crippen molar-refractivity contribution in [1.29, 1.82) is 0 Å². The molecule has 0 aliphatic carbocycles. The van der Waals surface area contributed by atoms with Crippen molar-refractivity contribution in [3.05, 3.63) is 58.6 Å². The maximum absolute atomic E-state index is 12.3. The summed E-state index contributed by atoms with van der Waals surface area (Å²) in [5.41, 5.74) is 2.81. The molecule has 0 heterocycles. The first-order chi connectivity index (χ1) is 11.5. The highest BCUT2D eigenvalue weighted by Gasteiger charge is 2.14. The molecule has 0 fully saturated rings. The third-order valence-electron chi connectivity index (χ3n) is 3.60. The van der Waals surface area contributed by atoms with Gasteiger partial charge >= 0.3 is 0 Å². The van der Waals surface area contributed by atoms with Gasteiger partial charge in [0.25, 0.3) is 0 Å². The van der Waals surface area contributed by atoms with Gasteiger partial charge in [-0.2, -0.15) is 0 Å². The SMILES string of the molecule is Cc1cccc(OCCS[C@@H](C)C(=O)Nc2cccc(Cl)c2C)c1. The van der Waals surface area contributed by atoms with E-state index < -0.39 is 0 Å². The van der Waals surface area contributed by atoms with Crippen molar-refractivity contribution in [3.8, 4) is 5.75 Å². The van der Waals surface area contributed by atoms with Crippen LogP contribution in [0.15, 0.2) is 42.5 Å². The van der Waals surface area contributed by atoms with Gasteiger partial charge in [0.15, 0.2) is 0 Å². The molecule has 3 nitrogen and oxygen atoms in total. The predicted molar refractivity (Wildman–Crippen MR) is 103 cm³/mol. The van der Waals surface area contributed by atoms with Gasteiger partial charge in [-0.3, -0.25) is 4.79 Å². The number of nitrogens with one attached hydrogen (secondary N) is 1. The van der Waals surface area contributed by atoms with E-state index in [1.54, 1.807) is 11.8 Å². The fourth-order valence-corrected chi connectivity index (χ4v) is 3.06. The molecular formula is C19H22ClNO2S. The van der Waals surface area contributed by atoms with Gasteiger partial charge in [-0.25, -0.2) is 0 Å². The minimum absolute atomic E-state index is 0.0269. The topological polar surface area (TPSA) is 38.3 Å². The van der Waals surface area contributed by atoms with Gasteiger partial charge in [0.2, 0.25) is 5.91 Å². The quantitative estimate of drug-likeness (QED) is 0.696. The molecule has 1 atom stereocenters. The van der Waals surface area contributed by atoms with Gasteiger partial charge in [-0.15, -0.1) is 11.8 Å². The molecule has 0 saturated carbocycles. The zero-order valence-electron chi connectivity index (χ0n) is 14.1. The van der Waals surface area contributed by atoms with Gasteiger partial charge in [-0.1, -0.05) is 29.8 Å². The normalized spacial score (nSPS) is 11.8. The second kappa shape index (κ2) is 9.00. The first-order valence-corrected chi connectivity index (χ1v) is 9.27. The highest BCUT2D eigenvalue weighted by molar-refractivity contribution is 8.00. The molecule has 0 radical (unpaired) electrons. The van der Waals surface area contributed by atoms with Crippen molar-refractivity contribution in [2.75, 3.05) is 17.7 Å². The molecule has 0 unspecified atom stereocenters. The summed E-state index contributed by atoms with van der Waals surface area (Å²) < 4.78 is 5.70. The number of hydrogen-bond donors (Lipinski definition) is 1. The van der Waals surface area contributed by atoms with Crippen LogP contribution in [0.25, 0.3) is 0 Å². The molecule has 1 N–H and O–H groups in total. The molecule has 2 aromatic rings. The monoisotopic (exact) mass is 363 g/mol. The average molecular weight is 364 g/mol. The number of carbonyl (C=O) groups is 1. The fraction of sp³-hybridized carbons (Fsp3) is 0.316. The van der Waals surface area contributed by atoms with E-state index in [1.165, 1.54) is 5.56 Å². The molecule has 2 rings (SSSR count). The third-order valence-corrected chi connectivity index (χ3v) is 5.13. The lowest BCUT2D eigenvalue weighted by atomic mass is 10.2. The van der Waals surface area contributed by atoms with Crippen LogP contribution in [0.2, 0.25) is 5.02 Å². The van der Waals surface area contributed by atoms with Crippen LogP contribution in [0, 0.1) is 13.8 Å². The van der Waals surface area contributed by atoms with E-state index >= 15 is 0 Å². The zero-order valence-corrected chi connectivity index (χ0v) is 15.7. The van der Waals surface area contributed by atoms with E-state index in [4.69, 9.17) is 16.3 Å². The predicted octanol–water partition coefficient (Wildman–Crippen LogP) is 5.10. The summed E-state index contributed by atoms with van der Waals surface area (Å²) in [4.78, 5) is 12.3. The Morgan fingerprint density at radius 1 is 1.25 bits per heavy atom. The molecule has 24 heavy (non-hydrogen) atoms. The Morgan fingerprint density at radius 2 is 2.00 bits per heavy atom. The summed E-state index contributed by atoms with van der Waals surface area (Å²) in [5, 5.41) is 3.42. The third kappa shape index (κ3) is 5.46. The van der Waals surface area contributed by atoms with Crippen molar-refractivity contribution in [2.45, 2.75) is 26.0 Å². The minimum atomic E-state index is -0.163. The van der Waals surface area contributed by atoms with Crippen molar-refractivity contribution >= 4 is 35.0 Å². The van der Waals surface area contributed by atoms with Gasteiger partial charge in [0, 0.05) is 16.5 Å². The minimum Gasteiger partial charge on any atom is -0.493 e. The van der Waals surface area contributed by atoms with E-state index in [-0.39, 0.29) is 11.2 Å². The Labute approximate surface area is 152 Å². The van der Waals surface area contributed by atoms with Crippen LogP contribution in [0.3, 0.4) is 0 Å². The number of carbonyl (C=O) groups excluding carboxylic acids is 1. The lowest BCUT2D eigenvalue weighted by Gasteiger charge is -2.14. The van der Waals surface area contributed by atoms with Crippen LogP contribution in [0.1, 0.15) is 18.1 Å². The van der Waals surface area contributed by atoms with E-state index in [2.05, 4.69) is 5.32 Å². The molecule has 0 bridgehead atoms. The Bertz CT molecular complexity index is 706. The van der Waals surface area contributed by atoms with E-state index in [0.29, 0.717) is 11.6 Å². The number of anilines is 1. The molecule has 0 aliphatic rings. The average Bonchev–Trinajstić information content (AvgIpc) is 2.55. The number of amides is 1. The Morgan fingerprint density at radius 3 is 2.75 bits per heavy atom. The lowest BCUT2D eigenvalue weighted by molar-refractivity contribution is -0.115. The zero-order chi connectivity index (χ0) is 17.5. The van der Waals surface area contributed by atoms with Gasteiger partial charge in [0.05, 0.1) is 11.9 Å². The molecule has 2 aromatic carbocycles. The molecule has 128 valence electrons. The molecular weight excluding hydrogens is 342 g/mol. The van der Waals surface area contributed by atoms with Gasteiger partial charge < -0.3 is 10.1 Å². The summed E-state index contributed by atoms with van der Waals surface area (Å²) in [6.45, 7) is 6.39. The van der Waals surface area contributed by atoms with Crippen molar-refractivity contribution in [3.63, 3.8) is 0 Å². The molecule has 1 amide bonds. The fourth-order valence-electron chi connectivity index (χ4n) is 2.14. The maximum atomic E-state index is 12.3. The summed E-state index contributed by atoms with van der Waals surface area (Å²) in [6, 6.07) is 13.5. The van der Waals surface area contributed by atoms with Crippen LogP contribution >= 0.6 is 23.4 Å². The summed E-state index contributed by atoms with van der Waals surface area (Å²) in [5.74, 6) is 1.58. The lowest BCUT2D eigenvalue weighted by Crippen LogP contribution is -2.23. The number of rotatable bonds is 7. The smallest absolute Gasteiger partial charge is 0.237 e. The van der Waals surface area contributed by atoms with Crippen LogP contribution in [-0.4, -0.2) is 23.5 Å². The van der Waals surface area contributed by atoms with E-state index in [1.807, 2.05) is 63.2 Å². The largest absolute Gasteiger partial charge is 0.493 e. The summed E-state index contributed by atoms with van der Waals surface area (Å²) >= 11 is 7.64. The van der Waals surface area contributed by atoms with E-state index in [9.17, 15) is 4.79 Å².